The molecule has 0 aromatic heterocycles. The smallest absolute Gasteiger partial charge is 0.317 e. The molecule has 0 aromatic carbocycles. The van der Waals surface area contributed by atoms with Crippen molar-refractivity contribution in [3.05, 3.63) is 0 Å². The van der Waals surface area contributed by atoms with Crippen LogP contribution in [0.2, 0.25) is 0 Å². The van der Waals surface area contributed by atoms with E-state index in [1.807, 2.05) is 4.90 Å². The van der Waals surface area contributed by atoms with Crippen molar-refractivity contribution >= 4 is 6.03 Å². The molecule has 80 valence electrons. The Morgan fingerprint density at radius 3 is 3.00 bits per heavy atom. The molecule has 0 aromatic rings. The van der Waals surface area contributed by atoms with E-state index in [2.05, 4.69) is 5.32 Å². The molecule has 1 saturated carbocycles. The van der Waals surface area contributed by atoms with Crippen molar-refractivity contribution in [1.82, 2.24) is 10.2 Å². The lowest BCUT2D eigenvalue weighted by atomic mass is 10.0. The second-order valence-electron chi connectivity index (χ2n) is 4.27. The number of nitrogens with zero attached hydrogens (tertiary/aromatic N) is 1. The molecule has 4 nitrogen and oxygen atoms in total. The summed E-state index contributed by atoms with van der Waals surface area (Å²) in [7, 11) is 0. The van der Waals surface area contributed by atoms with E-state index in [1.165, 1.54) is 12.8 Å². The third kappa shape index (κ3) is 1.71. The monoisotopic (exact) mass is 197 g/mol. The third-order valence-electron chi connectivity index (χ3n) is 3.43. The quantitative estimate of drug-likeness (QED) is 0.678. The molecular weight excluding hydrogens is 178 g/mol. The molecule has 1 heterocycles. The van der Waals surface area contributed by atoms with Crippen molar-refractivity contribution in [2.75, 3.05) is 19.6 Å². The highest BCUT2D eigenvalue weighted by atomic mass is 16.2. The molecule has 2 unspecified atom stereocenters. The molecule has 2 fully saturated rings. The van der Waals surface area contributed by atoms with Crippen LogP contribution >= 0.6 is 0 Å². The highest BCUT2D eigenvalue weighted by molar-refractivity contribution is 5.75. The maximum atomic E-state index is 11.6. The Labute approximate surface area is 84.8 Å². The number of hydrogen-bond acceptors (Lipinski definition) is 2. The molecule has 4 heteroatoms. The molecule has 0 radical (unpaired) electrons. The van der Waals surface area contributed by atoms with E-state index < -0.39 is 0 Å². The van der Waals surface area contributed by atoms with Crippen molar-refractivity contribution in [1.29, 1.82) is 0 Å². The van der Waals surface area contributed by atoms with Crippen molar-refractivity contribution in [2.24, 2.45) is 11.7 Å². The van der Waals surface area contributed by atoms with E-state index in [0.717, 1.165) is 25.9 Å². The second-order valence-corrected chi connectivity index (χ2v) is 4.27. The number of amides is 2. The topological polar surface area (TPSA) is 58.4 Å². The van der Waals surface area contributed by atoms with Gasteiger partial charge in [-0.3, -0.25) is 0 Å². The second kappa shape index (κ2) is 4.17. The zero-order valence-electron chi connectivity index (χ0n) is 8.54. The Bertz CT molecular complexity index is 219. The van der Waals surface area contributed by atoms with E-state index in [0.29, 0.717) is 18.5 Å². The molecule has 3 N–H and O–H groups in total. The molecule has 2 amide bonds. The van der Waals surface area contributed by atoms with E-state index in [4.69, 9.17) is 5.73 Å². The van der Waals surface area contributed by atoms with Gasteiger partial charge >= 0.3 is 6.03 Å². The molecule has 1 saturated heterocycles. The van der Waals surface area contributed by atoms with Gasteiger partial charge in [-0.25, -0.2) is 4.79 Å². The lowest BCUT2D eigenvalue weighted by Gasteiger charge is -2.35. The predicted molar refractivity (Wildman–Crippen MR) is 54.9 cm³/mol. The fourth-order valence-electron chi connectivity index (χ4n) is 2.67. The number of carbonyl (C=O) groups excluding carboxylic acids is 1. The zero-order chi connectivity index (χ0) is 9.97. The summed E-state index contributed by atoms with van der Waals surface area (Å²) in [5, 5.41) is 2.90. The highest BCUT2D eigenvalue weighted by Crippen LogP contribution is 2.29. The average Bonchev–Trinajstić information content (AvgIpc) is 2.66. The first kappa shape index (κ1) is 9.77. The van der Waals surface area contributed by atoms with Crippen molar-refractivity contribution < 1.29 is 4.79 Å². The zero-order valence-corrected chi connectivity index (χ0v) is 8.54. The fraction of sp³-hybridized carbons (Fsp3) is 0.900. The van der Waals surface area contributed by atoms with E-state index in [9.17, 15) is 4.79 Å². The SMILES string of the molecule is NCC1CCCC1N1CCCNC1=O. The molecular formula is C10H19N3O. The maximum Gasteiger partial charge on any atom is 0.317 e. The van der Waals surface area contributed by atoms with Crippen molar-refractivity contribution in [3.8, 4) is 0 Å². The van der Waals surface area contributed by atoms with E-state index in [1.54, 1.807) is 0 Å². The normalized spacial score (nSPS) is 33.2. The van der Waals surface area contributed by atoms with Crippen molar-refractivity contribution in [2.45, 2.75) is 31.7 Å². The molecule has 1 aliphatic carbocycles. The summed E-state index contributed by atoms with van der Waals surface area (Å²) in [5.41, 5.74) is 5.72. The summed E-state index contributed by atoms with van der Waals surface area (Å²) in [6.45, 7) is 2.46. The van der Waals surface area contributed by atoms with Crippen LogP contribution in [0.5, 0.6) is 0 Å². The Hall–Kier alpha value is -0.770. The number of nitrogens with one attached hydrogen (secondary N) is 1. The van der Waals surface area contributed by atoms with E-state index in [-0.39, 0.29) is 6.03 Å². The van der Waals surface area contributed by atoms with Gasteiger partial charge in [-0.15, -0.1) is 0 Å². The minimum Gasteiger partial charge on any atom is -0.338 e. The maximum absolute atomic E-state index is 11.6. The summed E-state index contributed by atoms with van der Waals surface area (Å²) in [6.07, 6.45) is 4.61. The largest absolute Gasteiger partial charge is 0.338 e. The van der Waals surface area contributed by atoms with Crippen LogP contribution in [0.3, 0.4) is 0 Å². The van der Waals surface area contributed by atoms with Crippen LogP contribution in [0.1, 0.15) is 25.7 Å². The summed E-state index contributed by atoms with van der Waals surface area (Å²) < 4.78 is 0. The van der Waals surface area contributed by atoms with Gasteiger partial charge in [0.1, 0.15) is 0 Å². The number of rotatable bonds is 2. The summed E-state index contributed by atoms with van der Waals surface area (Å²) in [5.74, 6) is 0.527. The minimum absolute atomic E-state index is 0.113. The van der Waals surface area contributed by atoms with Gasteiger partial charge in [0.15, 0.2) is 0 Å². The Morgan fingerprint density at radius 1 is 1.43 bits per heavy atom. The highest BCUT2D eigenvalue weighted by Gasteiger charge is 2.34. The van der Waals surface area contributed by atoms with Gasteiger partial charge in [-0.2, -0.15) is 0 Å². The van der Waals surface area contributed by atoms with Crippen LogP contribution in [0.4, 0.5) is 4.79 Å². The fourth-order valence-corrected chi connectivity index (χ4v) is 2.67. The molecule has 2 aliphatic rings. The predicted octanol–water partition coefficient (Wildman–Crippen LogP) is 0.529. The van der Waals surface area contributed by atoms with Gasteiger partial charge in [-0.05, 0) is 31.7 Å². The summed E-state index contributed by atoms with van der Waals surface area (Å²) >= 11 is 0. The molecule has 0 bridgehead atoms. The standard InChI is InChI=1S/C10H19N3O/c11-7-8-3-1-4-9(8)13-6-2-5-12-10(13)14/h8-9H,1-7,11H2,(H,12,14). The Kier molecular flexibility index (Phi) is 2.91. The lowest BCUT2D eigenvalue weighted by Crippen LogP contribution is -2.53. The Balaban J connectivity index is 2.01. The Morgan fingerprint density at radius 2 is 2.29 bits per heavy atom. The van der Waals surface area contributed by atoms with Gasteiger partial charge in [-0.1, -0.05) is 6.42 Å². The van der Waals surface area contributed by atoms with Crippen LogP contribution in [0.15, 0.2) is 0 Å². The first-order chi connectivity index (χ1) is 6.83. The molecule has 14 heavy (non-hydrogen) atoms. The van der Waals surface area contributed by atoms with Crippen molar-refractivity contribution in [3.63, 3.8) is 0 Å². The summed E-state index contributed by atoms with van der Waals surface area (Å²) in [6, 6.07) is 0.516. The van der Waals surface area contributed by atoms with Crippen LogP contribution in [0.25, 0.3) is 0 Å². The minimum atomic E-state index is 0.113. The van der Waals surface area contributed by atoms with E-state index >= 15 is 0 Å². The van der Waals surface area contributed by atoms with Gasteiger partial charge in [0.2, 0.25) is 0 Å². The number of hydrogen-bond donors (Lipinski definition) is 2. The van der Waals surface area contributed by atoms with Gasteiger partial charge in [0.25, 0.3) is 0 Å². The molecule has 1 aliphatic heterocycles. The third-order valence-corrected chi connectivity index (χ3v) is 3.43. The number of nitrogens with two attached hydrogens (primary N) is 1. The first-order valence-electron chi connectivity index (χ1n) is 5.57. The number of carbonyl (C=O) groups is 1. The van der Waals surface area contributed by atoms with Gasteiger partial charge in [0.05, 0.1) is 0 Å². The van der Waals surface area contributed by atoms with Crippen LogP contribution in [-0.2, 0) is 0 Å². The number of urea groups is 1. The molecule has 0 spiro atoms. The van der Waals surface area contributed by atoms with Gasteiger partial charge < -0.3 is 16.0 Å². The molecule has 2 atom stereocenters. The van der Waals surface area contributed by atoms with Gasteiger partial charge in [0, 0.05) is 19.1 Å². The van der Waals surface area contributed by atoms with Crippen LogP contribution in [-0.4, -0.2) is 36.6 Å². The van der Waals surface area contributed by atoms with Crippen LogP contribution < -0.4 is 11.1 Å². The van der Waals surface area contributed by atoms with Crippen LogP contribution in [0, 0.1) is 5.92 Å². The summed E-state index contributed by atoms with van der Waals surface area (Å²) in [4.78, 5) is 13.6. The first-order valence-corrected chi connectivity index (χ1v) is 5.57. The average molecular weight is 197 g/mol. The molecule has 2 rings (SSSR count). The lowest BCUT2D eigenvalue weighted by molar-refractivity contribution is 0.146.